The highest BCUT2D eigenvalue weighted by Crippen LogP contribution is 2.24. The van der Waals surface area contributed by atoms with Gasteiger partial charge in [0, 0.05) is 12.2 Å². The third kappa shape index (κ3) is 3.44. The summed E-state index contributed by atoms with van der Waals surface area (Å²) in [6.45, 7) is 4.60. The summed E-state index contributed by atoms with van der Waals surface area (Å²) in [5.41, 5.74) is -0.702. The summed E-state index contributed by atoms with van der Waals surface area (Å²) in [6, 6.07) is 0.439. The summed E-state index contributed by atoms with van der Waals surface area (Å²) in [4.78, 5) is 12.1. The zero-order valence-corrected chi connectivity index (χ0v) is 12.8. The van der Waals surface area contributed by atoms with Crippen LogP contribution in [0.1, 0.15) is 26.7 Å². The summed E-state index contributed by atoms with van der Waals surface area (Å²) >= 11 is 2.20. The number of nitrogens with one attached hydrogen (secondary N) is 1. The molecular weight excluding hydrogens is 345 g/mol. The SMILES string of the molecule is CCOC(=O)C(C)(Cn1cc(I)cn1)NC1CC1. The number of hydrogen-bond acceptors (Lipinski definition) is 4. The number of halogens is 1. The van der Waals surface area contributed by atoms with E-state index in [9.17, 15) is 4.79 Å². The predicted octanol–water partition coefficient (Wildman–Crippen LogP) is 1.56. The predicted molar refractivity (Wildman–Crippen MR) is 76.1 cm³/mol. The van der Waals surface area contributed by atoms with E-state index in [2.05, 4.69) is 33.0 Å². The summed E-state index contributed by atoms with van der Waals surface area (Å²) in [7, 11) is 0. The molecule has 1 saturated carbocycles. The molecule has 1 N–H and O–H groups in total. The highest BCUT2D eigenvalue weighted by molar-refractivity contribution is 14.1. The number of esters is 1. The molecule has 1 aromatic rings. The Morgan fingerprint density at radius 2 is 2.44 bits per heavy atom. The van der Waals surface area contributed by atoms with Gasteiger partial charge in [-0.3, -0.25) is 10.00 Å². The average molecular weight is 363 g/mol. The maximum Gasteiger partial charge on any atom is 0.327 e. The van der Waals surface area contributed by atoms with Gasteiger partial charge in [0.25, 0.3) is 0 Å². The van der Waals surface area contributed by atoms with Gasteiger partial charge in [0.05, 0.1) is 22.9 Å². The van der Waals surface area contributed by atoms with E-state index in [-0.39, 0.29) is 5.97 Å². The molecule has 0 amide bonds. The molecule has 0 spiro atoms. The summed E-state index contributed by atoms with van der Waals surface area (Å²) in [6.07, 6.45) is 5.97. The Morgan fingerprint density at radius 3 is 2.94 bits per heavy atom. The first-order valence-electron chi connectivity index (χ1n) is 6.16. The Hall–Kier alpha value is -0.630. The number of ether oxygens (including phenoxy) is 1. The number of carbonyl (C=O) groups excluding carboxylic acids is 1. The van der Waals surface area contributed by atoms with Crippen LogP contribution in [0.3, 0.4) is 0 Å². The first-order chi connectivity index (χ1) is 8.53. The molecule has 0 radical (unpaired) electrons. The van der Waals surface area contributed by atoms with E-state index in [0.29, 0.717) is 19.2 Å². The lowest BCUT2D eigenvalue weighted by molar-refractivity contribution is -0.151. The molecule has 0 aromatic carbocycles. The van der Waals surface area contributed by atoms with Gasteiger partial charge in [-0.2, -0.15) is 5.10 Å². The van der Waals surface area contributed by atoms with Crippen molar-refractivity contribution in [1.82, 2.24) is 15.1 Å². The van der Waals surface area contributed by atoms with Gasteiger partial charge in [0.15, 0.2) is 0 Å². The molecule has 0 aliphatic heterocycles. The fourth-order valence-electron chi connectivity index (χ4n) is 1.89. The number of aromatic nitrogens is 2. The van der Waals surface area contributed by atoms with E-state index in [1.54, 1.807) is 10.9 Å². The van der Waals surface area contributed by atoms with Crippen LogP contribution in [-0.2, 0) is 16.1 Å². The molecule has 1 unspecified atom stereocenters. The third-order valence-corrected chi connectivity index (χ3v) is 3.46. The Balaban J connectivity index is 2.09. The molecule has 2 rings (SSSR count). The lowest BCUT2D eigenvalue weighted by Crippen LogP contribution is -2.54. The lowest BCUT2D eigenvalue weighted by Gasteiger charge is -2.28. The Labute approximate surface area is 120 Å². The quantitative estimate of drug-likeness (QED) is 0.616. The molecular formula is C12H18IN3O2. The molecule has 6 heteroatoms. The largest absolute Gasteiger partial charge is 0.465 e. The smallest absolute Gasteiger partial charge is 0.327 e. The number of carbonyl (C=O) groups is 1. The summed E-state index contributed by atoms with van der Waals surface area (Å²) in [5.74, 6) is -0.206. The van der Waals surface area contributed by atoms with Crippen LogP contribution in [0.25, 0.3) is 0 Å². The van der Waals surface area contributed by atoms with Crippen LogP contribution in [-0.4, -0.2) is 33.9 Å². The van der Waals surface area contributed by atoms with Gasteiger partial charge in [-0.25, -0.2) is 4.79 Å². The van der Waals surface area contributed by atoms with Crippen molar-refractivity contribution in [2.24, 2.45) is 0 Å². The van der Waals surface area contributed by atoms with Gasteiger partial charge < -0.3 is 4.74 Å². The molecule has 0 bridgehead atoms. The Bertz CT molecular complexity index is 431. The van der Waals surface area contributed by atoms with Crippen molar-refractivity contribution in [2.75, 3.05) is 6.61 Å². The maximum atomic E-state index is 12.1. The van der Waals surface area contributed by atoms with Crippen molar-refractivity contribution < 1.29 is 9.53 Å². The van der Waals surface area contributed by atoms with Crippen molar-refractivity contribution in [3.8, 4) is 0 Å². The van der Waals surface area contributed by atoms with Crippen molar-refractivity contribution in [3.05, 3.63) is 16.0 Å². The second-order valence-corrected chi connectivity index (χ2v) is 6.07. The zero-order valence-electron chi connectivity index (χ0n) is 10.6. The minimum absolute atomic E-state index is 0.206. The Kier molecular flexibility index (Phi) is 4.26. The van der Waals surface area contributed by atoms with Crippen LogP contribution in [0.15, 0.2) is 12.4 Å². The molecule has 1 fully saturated rings. The molecule has 0 saturated heterocycles. The monoisotopic (exact) mass is 363 g/mol. The van der Waals surface area contributed by atoms with E-state index in [4.69, 9.17) is 4.74 Å². The highest BCUT2D eigenvalue weighted by Gasteiger charge is 2.40. The Morgan fingerprint density at radius 1 is 1.72 bits per heavy atom. The zero-order chi connectivity index (χ0) is 13.2. The second kappa shape index (κ2) is 5.56. The van der Waals surface area contributed by atoms with Gasteiger partial charge in [-0.1, -0.05) is 0 Å². The maximum absolute atomic E-state index is 12.1. The van der Waals surface area contributed by atoms with Crippen LogP contribution in [0.5, 0.6) is 0 Å². The fraction of sp³-hybridized carbons (Fsp3) is 0.667. The summed E-state index contributed by atoms with van der Waals surface area (Å²) in [5, 5.41) is 7.60. The fourth-order valence-corrected chi connectivity index (χ4v) is 2.33. The first kappa shape index (κ1) is 13.8. The van der Waals surface area contributed by atoms with Crippen molar-refractivity contribution >= 4 is 28.6 Å². The number of rotatable bonds is 6. The van der Waals surface area contributed by atoms with E-state index >= 15 is 0 Å². The molecule has 1 heterocycles. The lowest BCUT2D eigenvalue weighted by atomic mass is 10.0. The number of nitrogens with zero attached hydrogens (tertiary/aromatic N) is 2. The molecule has 1 aromatic heterocycles. The minimum Gasteiger partial charge on any atom is -0.465 e. The first-order valence-corrected chi connectivity index (χ1v) is 7.24. The normalized spacial score (nSPS) is 18.4. The standard InChI is InChI=1S/C12H18IN3O2/c1-3-18-11(17)12(2,15-10-4-5-10)8-16-7-9(13)6-14-16/h6-7,10,15H,3-5,8H2,1-2H3. The molecule has 1 atom stereocenters. The van der Waals surface area contributed by atoms with Gasteiger partial charge in [-0.05, 0) is 49.3 Å². The molecule has 1 aliphatic carbocycles. The highest BCUT2D eigenvalue weighted by atomic mass is 127. The van der Waals surface area contributed by atoms with E-state index < -0.39 is 5.54 Å². The van der Waals surface area contributed by atoms with Crippen LogP contribution >= 0.6 is 22.6 Å². The second-order valence-electron chi connectivity index (χ2n) is 4.83. The van der Waals surface area contributed by atoms with Crippen LogP contribution in [0.2, 0.25) is 0 Å². The van der Waals surface area contributed by atoms with Gasteiger partial charge in [0.1, 0.15) is 5.54 Å². The average Bonchev–Trinajstić information content (AvgIpc) is 3.01. The van der Waals surface area contributed by atoms with E-state index in [1.807, 2.05) is 20.0 Å². The molecule has 18 heavy (non-hydrogen) atoms. The minimum atomic E-state index is -0.702. The van der Waals surface area contributed by atoms with Crippen LogP contribution in [0, 0.1) is 3.57 Å². The molecule has 100 valence electrons. The topological polar surface area (TPSA) is 56.2 Å². The van der Waals surface area contributed by atoms with Gasteiger partial charge in [-0.15, -0.1) is 0 Å². The van der Waals surface area contributed by atoms with Crippen LogP contribution < -0.4 is 5.32 Å². The van der Waals surface area contributed by atoms with E-state index in [0.717, 1.165) is 16.4 Å². The third-order valence-electron chi connectivity index (χ3n) is 2.91. The molecule has 1 aliphatic rings. The van der Waals surface area contributed by atoms with Crippen molar-refractivity contribution in [2.45, 2.75) is 44.8 Å². The van der Waals surface area contributed by atoms with E-state index in [1.165, 1.54) is 0 Å². The van der Waals surface area contributed by atoms with Gasteiger partial charge in [0.2, 0.25) is 0 Å². The van der Waals surface area contributed by atoms with Crippen molar-refractivity contribution in [3.63, 3.8) is 0 Å². The number of hydrogen-bond donors (Lipinski definition) is 1. The molecule has 5 nitrogen and oxygen atoms in total. The van der Waals surface area contributed by atoms with Crippen LogP contribution in [0.4, 0.5) is 0 Å². The van der Waals surface area contributed by atoms with Gasteiger partial charge >= 0.3 is 5.97 Å². The van der Waals surface area contributed by atoms with Crippen molar-refractivity contribution in [1.29, 1.82) is 0 Å². The summed E-state index contributed by atoms with van der Waals surface area (Å²) < 4.78 is 8.02.